The van der Waals surface area contributed by atoms with Crippen LogP contribution in [0, 0.1) is 5.92 Å². The number of piperazine rings is 1. The lowest BCUT2D eigenvalue weighted by atomic mass is 9.99. The fourth-order valence-corrected chi connectivity index (χ4v) is 3.43. The Labute approximate surface area is 155 Å². The molecule has 0 radical (unpaired) electrons. The van der Waals surface area contributed by atoms with Crippen molar-refractivity contribution in [3.05, 3.63) is 34.9 Å². The van der Waals surface area contributed by atoms with Crippen LogP contribution in [0.15, 0.2) is 24.3 Å². The summed E-state index contributed by atoms with van der Waals surface area (Å²) in [7, 11) is 0. The summed E-state index contributed by atoms with van der Waals surface area (Å²) in [6.07, 6.45) is 1.08. The van der Waals surface area contributed by atoms with Gasteiger partial charge in [-0.3, -0.25) is 9.69 Å². The smallest absolute Gasteiger partial charge is 0.237 e. The Morgan fingerprint density at radius 2 is 2.09 bits per heavy atom. The minimum atomic E-state index is 0. The highest BCUT2D eigenvalue weighted by Gasteiger charge is 2.29. The summed E-state index contributed by atoms with van der Waals surface area (Å²) in [6, 6.07) is 8.38. The van der Waals surface area contributed by atoms with Crippen molar-refractivity contribution in [1.82, 2.24) is 9.80 Å². The largest absolute Gasteiger partial charge is 0.339 e. The number of hydrogen-bond acceptors (Lipinski definition) is 2. The highest BCUT2D eigenvalue weighted by molar-refractivity contribution is 6.30. The second-order valence-corrected chi connectivity index (χ2v) is 7.06. The summed E-state index contributed by atoms with van der Waals surface area (Å²) in [5.74, 6) is 0.707. The molecule has 1 aliphatic heterocycles. The third kappa shape index (κ3) is 6.15. The van der Waals surface area contributed by atoms with Gasteiger partial charge >= 0.3 is 0 Å². The van der Waals surface area contributed by atoms with Gasteiger partial charge in [0.15, 0.2) is 0 Å². The van der Waals surface area contributed by atoms with E-state index in [0.717, 1.165) is 37.6 Å². The molecule has 0 saturated carbocycles. The molecule has 0 aromatic heterocycles. The predicted molar refractivity (Wildman–Crippen MR) is 99.7 cm³/mol. The van der Waals surface area contributed by atoms with Gasteiger partial charge in [-0.05, 0) is 30.0 Å². The maximum atomic E-state index is 11.9. The Kier molecular flexibility index (Phi) is 8.70. The third-order valence-electron chi connectivity index (χ3n) is 4.09. The Hall–Kier alpha value is -0.480. The average Bonchev–Trinajstić information content (AvgIpc) is 2.47. The van der Waals surface area contributed by atoms with Crippen molar-refractivity contribution in [3.63, 3.8) is 0 Å². The summed E-state index contributed by atoms with van der Waals surface area (Å²) in [5, 5.41) is 0.772. The molecule has 1 aromatic carbocycles. The number of rotatable bonds is 5. The van der Waals surface area contributed by atoms with Gasteiger partial charge < -0.3 is 4.90 Å². The molecule has 1 atom stereocenters. The highest BCUT2D eigenvalue weighted by atomic mass is 35.5. The van der Waals surface area contributed by atoms with Crippen molar-refractivity contribution in [3.8, 4) is 0 Å². The van der Waals surface area contributed by atoms with Crippen molar-refractivity contribution in [1.29, 1.82) is 0 Å². The molecule has 3 nitrogen and oxygen atoms in total. The molecule has 0 aliphatic carbocycles. The molecule has 2 rings (SSSR count). The molecular formula is C17H25Cl3N2O. The maximum Gasteiger partial charge on any atom is 0.237 e. The molecule has 130 valence electrons. The van der Waals surface area contributed by atoms with Crippen molar-refractivity contribution in [2.45, 2.75) is 32.9 Å². The molecule has 0 N–H and O–H groups in total. The SMILES string of the molecule is CC(C)CC1CN(C(=O)CCl)CCN1Cc1cccc(Cl)c1.Cl. The van der Waals surface area contributed by atoms with Crippen LogP contribution in [0.4, 0.5) is 0 Å². The van der Waals surface area contributed by atoms with Gasteiger partial charge in [0.05, 0.1) is 0 Å². The Morgan fingerprint density at radius 3 is 2.70 bits per heavy atom. The molecule has 0 spiro atoms. The van der Waals surface area contributed by atoms with Gasteiger partial charge in [-0.1, -0.05) is 37.6 Å². The van der Waals surface area contributed by atoms with Crippen LogP contribution in [0.1, 0.15) is 25.8 Å². The first-order chi connectivity index (χ1) is 10.5. The molecule has 6 heteroatoms. The fourth-order valence-electron chi connectivity index (χ4n) is 3.05. The maximum absolute atomic E-state index is 11.9. The van der Waals surface area contributed by atoms with Crippen LogP contribution < -0.4 is 0 Å². The molecule has 1 amide bonds. The van der Waals surface area contributed by atoms with E-state index in [1.54, 1.807) is 0 Å². The first-order valence-corrected chi connectivity index (χ1v) is 8.73. The number of carbonyl (C=O) groups excluding carboxylic acids is 1. The molecule has 1 saturated heterocycles. The third-order valence-corrected chi connectivity index (χ3v) is 4.55. The van der Waals surface area contributed by atoms with Crippen LogP contribution >= 0.6 is 35.6 Å². The molecular weight excluding hydrogens is 355 g/mol. The normalized spacial score (nSPS) is 18.8. The van der Waals surface area contributed by atoms with E-state index in [9.17, 15) is 4.79 Å². The summed E-state index contributed by atoms with van der Waals surface area (Å²) in [6.45, 7) is 7.72. The lowest BCUT2D eigenvalue weighted by molar-refractivity contribution is -0.131. The zero-order chi connectivity index (χ0) is 16.1. The number of alkyl halides is 1. The predicted octanol–water partition coefficient (Wildman–Crippen LogP) is 4.06. The van der Waals surface area contributed by atoms with Gasteiger partial charge in [0.1, 0.15) is 5.88 Å². The number of benzene rings is 1. The van der Waals surface area contributed by atoms with Gasteiger partial charge in [-0.25, -0.2) is 0 Å². The second kappa shape index (κ2) is 9.73. The van der Waals surface area contributed by atoms with E-state index >= 15 is 0 Å². The Morgan fingerprint density at radius 1 is 1.35 bits per heavy atom. The van der Waals surface area contributed by atoms with E-state index in [0.29, 0.717) is 12.0 Å². The van der Waals surface area contributed by atoms with Gasteiger partial charge in [0.2, 0.25) is 5.91 Å². The van der Waals surface area contributed by atoms with Crippen molar-refractivity contribution >= 4 is 41.5 Å². The summed E-state index contributed by atoms with van der Waals surface area (Å²) in [5.41, 5.74) is 1.22. The molecule has 1 unspecified atom stereocenters. The quantitative estimate of drug-likeness (QED) is 0.720. The molecule has 0 bridgehead atoms. The van der Waals surface area contributed by atoms with Crippen molar-refractivity contribution < 1.29 is 4.79 Å². The van der Waals surface area contributed by atoms with Gasteiger partial charge in [-0.15, -0.1) is 24.0 Å². The van der Waals surface area contributed by atoms with Crippen LogP contribution in [0.25, 0.3) is 0 Å². The molecule has 23 heavy (non-hydrogen) atoms. The lowest BCUT2D eigenvalue weighted by Gasteiger charge is -2.42. The van der Waals surface area contributed by atoms with Gasteiger partial charge in [-0.2, -0.15) is 0 Å². The van der Waals surface area contributed by atoms with Crippen molar-refractivity contribution in [2.24, 2.45) is 5.92 Å². The molecule has 1 heterocycles. The zero-order valence-corrected chi connectivity index (χ0v) is 16.0. The topological polar surface area (TPSA) is 23.6 Å². The van der Waals surface area contributed by atoms with E-state index in [1.807, 2.05) is 23.1 Å². The average molecular weight is 380 g/mol. The molecule has 1 fully saturated rings. The van der Waals surface area contributed by atoms with E-state index in [1.165, 1.54) is 5.56 Å². The van der Waals surface area contributed by atoms with Crippen LogP contribution in [0.3, 0.4) is 0 Å². The van der Waals surface area contributed by atoms with Crippen molar-refractivity contribution in [2.75, 3.05) is 25.5 Å². The molecule has 1 aromatic rings. The standard InChI is InChI=1S/C17H24Cl2N2O.ClH/c1-13(2)8-16-12-21(17(22)10-18)7-6-20(16)11-14-4-3-5-15(19)9-14;/h3-5,9,13,16H,6-8,10-12H2,1-2H3;1H. The number of nitrogens with zero attached hydrogens (tertiary/aromatic N) is 2. The van der Waals surface area contributed by atoms with Gasteiger partial charge in [0, 0.05) is 37.2 Å². The monoisotopic (exact) mass is 378 g/mol. The number of carbonyl (C=O) groups is 1. The Balaban J connectivity index is 0.00000264. The van der Waals surface area contributed by atoms with E-state index in [-0.39, 0.29) is 24.2 Å². The molecule has 1 aliphatic rings. The number of amides is 1. The van der Waals surface area contributed by atoms with E-state index in [2.05, 4.69) is 24.8 Å². The van der Waals surface area contributed by atoms with E-state index in [4.69, 9.17) is 23.2 Å². The lowest BCUT2D eigenvalue weighted by Crippen LogP contribution is -2.55. The number of hydrogen-bond donors (Lipinski definition) is 0. The van der Waals surface area contributed by atoms with Crippen LogP contribution in [-0.4, -0.2) is 47.3 Å². The van der Waals surface area contributed by atoms with Crippen LogP contribution in [-0.2, 0) is 11.3 Å². The summed E-state index contributed by atoms with van der Waals surface area (Å²) in [4.78, 5) is 16.2. The van der Waals surface area contributed by atoms with Gasteiger partial charge in [0.25, 0.3) is 0 Å². The number of halogens is 3. The first kappa shape index (κ1) is 20.6. The first-order valence-electron chi connectivity index (χ1n) is 7.82. The summed E-state index contributed by atoms with van der Waals surface area (Å²) >= 11 is 11.8. The zero-order valence-electron chi connectivity index (χ0n) is 13.7. The van der Waals surface area contributed by atoms with Crippen LogP contribution in [0.5, 0.6) is 0 Å². The Bertz CT molecular complexity index is 510. The van der Waals surface area contributed by atoms with Crippen LogP contribution in [0.2, 0.25) is 5.02 Å². The fraction of sp³-hybridized carbons (Fsp3) is 0.588. The van der Waals surface area contributed by atoms with E-state index < -0.39 is 0 Å². The highest BCUT2D eigenvalue weighted by Crippen LogP contribution is 2.21. The minimum absolute atomic E-state index is 0. The summed E-state index contributed by atoms with van der Waals surface area (Å²) < 4.78 is 0. The minimum Gasteiger partial charge on any atom is -0.339 e. The second-order valence-electron chi connectivity index (χ2n) is 6.36.